The van der Waals surface area contributed by atoms with Crippen LogP contribution in [-0.4, -0.2) is 35.5 Å². The monoisotopic (exact) mass is 499 g/mol. The molecule has 188 valence electrons. The number of benzene rings is 1. The van der Waals surface area contributed by atoms with Gasteiger partial charge in [0.1, 0.15) is 17.8 Å². The Bertz CT molecular complexity index is 1540. The Morgan fingerprint density at radius 1 is 1.32 bits per heavy atom. The van der Waals surface area contributed by atoms with Crippen molar-refractivity contribution in [3.8, 4) is 11.8 Å². The minimum Gasteiger partial charge on any atom is -0.501 e. The third-order valence-electron chi connectivity index (χ3n) is 6.68. The van der Waals surface area contributed by atoms with Crippen LogP contribution in [0.1, 0.15) is 64.6 Å². The lowest BCUT2D eigenvalue weighted by Crippen LogP contribution is -2.29. The van der Waals surface area contributed by atoms with Crippen molar-refractivity contribution in [3.63, 3.8) is 0 Å². The molecule has 0 unspecified atom stereocenters. The maximum atomic E-state index is 13.0. The number of hydrogen-bond acceptors (Lipinski definition) is 8. The molecule has 2 N–H and O–H groups in total. The first-order chi connectivity index (χ1) is 17.9. The summed E-state index contributed by atoms with van der Waals surface area (Å²) in [5, 5.41) is 30.9. The van der Waals surface area contributed by atoms with Gasteiger partial charge in [0.2, 0.25) is 5.75 Å². The van der Waals surface area contributed by atoms with Crippen molar-refractivity contribution in [2.45, 2.75) is 38.1 Å². The largest absolute Gasteiger partial charge is 0.501 e. The maximum absolute atomic E-state index is 13.0. The Kier molecular flexibility index (Phi) is 6.31. The van der Waals surface area contributed by atoms with Gasteiger partial charge >= 0.3 is 0 Å². The van der Waals surface area contributed by atoms with Crippen molar-refractivity contribution in [2.75, 3.05) is 5.32 Å². The van der Waals surface area contributed by atoms with Gasteiger partial charge in [0.05, 0.1) is 24.0 Å². The number of amides is 1. The number of rotatable bonds is 8. The van der Waals surface area contributed by atoms with E-state index < -0.39 is 34.7 Å². The predicted octanol–water partition coefficient (Wildman–Crippen LogP) is 3.14. The molecule has 1 aliphatic rings. The van der Waals surface area contributed by atoms with Gasteiger partial charge in [-0.05, 0) is 36.0 Å². The number of carbonyl (C=O) groups is 1. The van der Waals surface area contributed by atoms with Crippen LogP contribution in [0.4, 0.5) is 5.69 Å². The van der Waals surface area contributed by atoms with E-state index in [4.69, 9.17) is 4.52 Å². The van der Waals surface area contributed by atoms with E-state index in [9.17, 15) is 20.0 Å². The van der Waals surface area contributed by atoms with Crippen molar-refractivity contribution in [1.82, 2.24) is 24.5 Å². The van der Waals surface area contributed by atoms with Gasteiger partial charge in [-0.1, -0.05) is 30.3 Å². The van der Waals surface area contributed by atoms with Gasteiger partial charge in [-0.25, -0.2) is 4.98 Å². The minimum atomic E-state index is -0.780. The molecule has 1 amide bonds. The molecule has 0 bridgehead atoms. The number of nitriles is 1. The molecule has 0 saturated heterocycles. The molecule has 11 nitrogen and oxygen atoms in total. The summed E-state index contributed by atoms with van der Waals surface area (Å²) in [6, 6.07) is 9.51. The summed E-state index contributed by atoms with van der Waals surface area (Å²) in [5.41, 5.74) is 1.18. The van der Waals surface area contributed by atoms with E-state index in [2.05, 4.69) is 26.6 Å². The number of carbonyl (C=O) groups excluding carboxylic acids is 1. The molecule has 3 aromatic heterocycles. The van der Waals surface area contributed by atoms with E-state index in [-0.39, 0.29) is 11.5 Å². The summed E-state index contributed by atoms with van der Waals surface area (Å²) in [6.07, 6.45) is 8.61. The third-order valence-corrected chi connectivity index (χ3v) is 6.68. The van der Waals surface area contributed by atoms with Crippen molar-refractivity contribution in [3.05, 3.63) is 87.7 Å². The molecule has 4 aromatic rings. The molecule has 1 aliphatic carbocycles. The topological polar surface area (TPSA) is 152 Å². The fourth-order valence-electron chi connectivity index (χ4n) is 4.59. The molecular formula is C26H25N7O4. The normalized spacial score (nSPS) is 14.6. The van der Waals surface area contributed by atoms with Crippen LogP contribution in [0, 0.1) is 17.2 Å². The van der Waals surface area contributed by atoms with Gasteiger partial charge in [-0.2, -0.15) is 10.4 Å². The SMILES string of the molecule is C[C@H](c1nc(C(=O)Nc2cnoc2)c(O)c(=O)n1C)[C@@H](c1cnn(CC2CC2)c1)c1ccccc1C#N. The molecule has 1 aromatic carbocycles. The van der Waals surface area contributed by atoms with Crippen molar-refractivity contribution in [1.29, 1.82) is 5.26 Å². The molecule has 0 radical (unpaired) electrons. The molecule has 2 atom stereocenters. The average molecular weight is 500 g/mol. The molecule has 37 heavy (non-hydrogen) atoms. The van der Waals surface area contributed by atoms with Crippen LogP contribution in [0.5, 0.6) is 5.75 Å². The van der Waals surface area contributed by atoms with Crippen molar-refractivity contribution >= 4 is 11.6 Å². The Hall–Kier alpha value is -4.72. The molecule has 11 heteroatoms. The Labute approximate surface area is 212 Å². The van der Waals surface area contributed by atoms with Crippen LogP contribution in [0.2, 0.25) is 0 Å². The summed E-state index contributed by atoms with van der Waals surface area (Å²) in [7, 11) is 1.49. The molecule has 1 fully saturated rings. The second-order valence-electron chi connectivity index (χ2n) is 9.30. The van der Waals surface area contributed by atoms with Crippen molar-refractivity contribution in [2.24, 2.45) is 13.0 Å². The number of anilines is 1. The third kappa shape index (κ3) is 4.73. The summed E-state index contributed by atoms with van der Waals surface area (Å²) >= 11 is 0. The highest BCUT2D eigenvalue weighted by atomic mass is 16.5. The van der Waals surface area contributed by atoms with Crippen LogP contribution in [0.15, 0.2) is 58.4 Å². The summed E-state index contributed by atoms with van der Waals surface area (Å²) < 4.78 is 7.85. The first-order valence-corrected chi connectivity index (χ1v) is 11.9. The Morgan fingerprint density at radius 3 is 2.81 bits per heavy atom. The lowest BCUT2D eigenvalue weighted by atomic mass is 9.80. The molecule has 0 aliphatic heterocycles. The number of aromatic nitrogens is 5. The lowest BCUT2D eigenvalue weighted by Gasteiger charge is -2.26. The summed E-state index contributed by atoms with van der Waals surface area (Å²) in [5.74, 6) is -1.53. The highest BCUT2D eigenvalue weighted by Gasteiger charge is 2.32. The molecule has 1 saturated carbocycles. The van der Waals surface area contributed by atoms with Gasteiger partial charge in [0.25, 0.3) is 11.5 Å². The van der Waals surface area contributed by atoms with Crippen LogP contribution in [0.3, 0.4) is 0 Å². The fraction of sp³-hybridized carbons (Fsp3) is 0.308. The first kappa shape index (κ1) is 24.0. The predicted molar refractivity (Wildman–Crippen MR) is 132 cm³/mol. The molecule has 0 spiro atoms. The number of nitrogens with zero attached hydrogens (tertiary/aromatic N) is 6. The zero-order chi connectivity index (χ0) is 26.1. The number of nitrogens with one attached hydrogen (secondary N) is 1. The van der Waals surface area contributed by atoms with Crippen LogP contribution in [-0.2, 0) is 13.6 Å². The number of hydrogen-bond donors (Lipinski definition) is 2. The lowest BCUT2D eigenvalue weighted by molar-refractivity contribution is 0.101. The van der Waals surface area contributed by atoms with Gasteiger partial charge in [0.15, 0.2) is 5.69 Å². The van der Waals surface area contributed by atoms with Crippen molar-refractivity contribution < 1.29 is 14.4 Å². The zero-order valence-corrected chi connectivity index (χ0v) is 20.3. The Morgan fingerprint density at radius 2 is 2.11 bits per heavy atom. The highest BCUT2D eigenvalue weighted by Crippen LogP contribution is 2.39. The van der Waals surface area contributed by atoms with E-state index in [1.807, 2.05) is 29.9 Å². The van der Waals surface area contributed by atoms with E-state index in [0.717, 1.165) is 17.7 Å². The van der Waals surface area contributed by atoms with E-state index in [0.29, 0.717) is 11.5 Å². The molecule has 3 heterocycles. The molecular weight excluding hydrogens is 474 g/mol. The van der Waals surface area contributed by atoms with Crippen LogP contribution in [0.25, 0.3) is 0 Å². The smallest absolute Gasteiger partial charge is 0.296 e. The minimum absolute atomic E-state index is 0.255. The van der Waals surface area contributed by atoms with Gasteiger partial charge in [-0.15, -0.1) is 0 Å². The first-order valence-electron chi connectivity index (χ1n) is 11.9. The average Bonchev–Trinajstić information content (AvgIpc) is 3.34. The molecule has 5 rings (SSSR count). The van der Waals surface area contributed by atoms with E-state index in [1.165, 1.54) is 36.9 Å². The Balaban J connectivity index is 1.60. The second kappa shape index (κ2) is 9.73. The van der Waals surface area contributed by atoms with Crippen LogP contribution >= 0.6 is 0 Å². The summed E-state index contributed by atoms with van der Waals surface area (Å²) in [6.45, 7) is 2.70. The van der Waals surface area contributed by atoms with Gasteiger partial charge < -0.3 is 14.9 Å². The highest BCUT2D eigenvalue weighted by molar-refractivity contribution is 6.04. The van der Waals surface area contributed by atoms with Gasteiger partial charge in [-0.3, -0.25) is 18.8 Å². The standard InChI is InChI=1S/C26H25N7O4/c1-15(24-31-22(23(34)26(36)32(24)2)25(35)30-19-11-29-37-14-19)21(20-6-4-3-5-17(20)9-27)18-10-28-33(13-18)12-16-7-8-16/h3-6,10-11,13-16,21,34H,7-8,12H2,1-2H3,(H,30,35)/t15-,21-/m0/s1. The van der Waals surface area contributed by atoms with E-state index in [1.54, 1.807) is 18.3 Å². The van der Waals surface area contributed by atoms with Crippen LogP contribution < -0.4 is 10.9 Å². The van der Waals surface area contributed by atoms with E-state index >= 15 is 0 Å². The maximum Gasteiger partial charge on any atom is 0.296 e. The summed E-state index contributed by atoms with van der Waals surface area (Å²) in [4.78, 5) is 30.3. The second-order valence-corrected chi connectivity index (χ2v) is 9.30. The quantitative estimate of drug-likeness (QED) is 0.375. The zero-order valence-electron chi connectivity index (χ0n) is 20.3. The van der Waals surface area contributed by atoms with Gasteiger partial charge in [0, 0.05) is 31.6 Å². The fourth-order valence-corrected chi connectivity index (χ4v) is 4.59. The number of aromatic hydroxyl groups is 1.